The number of carbonyl (C=O) groups excluding carboxylic acids is 2. The molecule has 0 spiro atoms. The molecule has 1 fully saturated rings. The minimum absolute atomic E-state index is 0.0983. The summed E-state index contributed by atoms with van der Waals surface area (Å²) in [5.74, 6) is -1.42. The minimum Gasteiger partial charge on any atom is -0.507 e. The van der Waals surface area contributed by atoms with Gasteiger partial charge in [-0.3, -0.25) is 19.5 Å². The molecule has 168 valence electrons. The number of anilines is 1. The number of hydrogen-bond donors (Lipinski definition) is 1. The highest BCUT2D eigenvalue weighted by atomic mass is 35.5. The van der Waals surface area contributed by atoms with Crippen LogP contribution in [0.2, 0.25) is 5.02 Å². The minimum atomic E-state index is -0.945. The number of aromatic nitrogens is 1. The summed E-state index contributed by atoms with van der Waals surface area (Å²) in [6, 6.07) is 12.7. The number of aliphatic hydroxyl groups is 1. The largest absolute Gasteiger partial charge is 0.507 e. The molecule has 0 radical (unpaired) electrons. The molecule has 2 heterocycles. The molecule has 1 aliphatic heterocycles. The van der Waals surface area contributed by atoms with Crippen LogP contribution in [0.15, 0.2) is 66.5 Å². The Morgan fingerprint density at radius 3 is 2.52 bits per heavy atom. The Bertz CT molecular complexity index is 1270. The molecule has 1 atom stereocenters. The third kappa shape index (κ3) is 3.81. The third-order valence-corrected chi connectivity index (χ3v) is 5.72. The van der Waals surface area contributed by atoms with Gasteiger partial charge in [0.1, 0.15) is 17.3 Å². The van der Waals surface area contributed by atoms with Crippen LogP contribution in [0.3, 0.4) is 0 Å². The van der Waals surface area contributed by atoms with E-state index in [2.05, 4.69) is 4.98 Å². The number of methoxy groups -OCH3 is 2. The molecule has 1 saturated heterocycles. The van der Waals surface area contributed by atoms with Gasteiger partial charge in [0.15, 0.2) is 0 Å². The predicted octanol–water partition coefficient (Wildman–Crippen LogP) is 4.69. The van der Waals surface area contributed by atoms with E-state index in [1.54, 1.807) is 67.8 Å². The van der Waals surface area contributed by atoms with E-state index < -0.39 is 17.7 Å². The molecule has 0 aliphatic carbocycles. The number of ether oxygens (including phenoxy) is 2. The smallest absolute Gasteiger partial charge is 0.300 e. The monoisotopic (exact) mass is 464 g/mol. The average Bonchev–Trinajstić information content (AvgIpc) is 3.09. The lowest BCUT2D eigenvalue weighted by molar-refractivity contribution is -0.132. The number of para-hydroxylation sites is 2. The maximum absolute atomic E-state index is 13.3. The fourth-order valence-corrected chi connectivity index (χ4v) is 4.37. The lowest BCUT2D eigenvalue weighted by Gasteiger charge is -2.26. The van der Waals surface area contributed by atoms with Crippen molar-refractivity contribution in [2.45, 2.75) is 13.0 Å². The number of pyridine rings is 1. The van der Waals surface area contributed by atoms with Crippen molar-refractivity contribution < 1.29 is 24.2 Å². The number of rotatable bonds is 5. The SMILES string of the molecule is COc1ccccc1N1C(=O)C(=O)/C(=C(/O)c2cc(C)cc(Cl)c2OC)C1c1cccnc1. The van der Waals surface area contributed by atoms with Crippen LogP contribution < -0.4 is 14.4 Å². The number of halogens is 1. The number of amides is 1. The second-order valence-electron chi connectivity index (χ2n) is 7.45. The zero-order chi connectivity index (χ0) is 23.7. The van der Waals surface area contributed by atoms with Gasteiger partial charge in [0, 0.05) is 12.4 Å². The number of aliphatic hydroxyl groups excluding tert-OH is 1. The molecule has 1 amide bonds. The van der Waals surface area contributed by atoms with E-state index in [4.69, 9.17) is 21.1 Å². The number of carbonyl (C=O) groups is 2. The van der Waals surface area contributed by atoms with Gasteiger partial charge in [-0.25, -0.2) is 0 Å². The topological polar surface area (TPSA) is 89.0 Å². The zero-order valence-corrected chi connectivity index (χ0v) is 19.0. The highest BCUT2D eigenvalue weighted by Gasteiger charge is 2.48. The molecule has 4 rings (SSSR count). The van der Waals surface area contributed by atoms with Crippen LogP contribution in [0.25, 0.3) is 5.76 Å². The van der Waals surface area contributed by atoms with Crippen molar-refractivity contribution in [2.75, 3.05) is 19.1 Å². The molecule has 33 heavy (non-hydrogen) atoms. The first-order valence-corrected chi connectivity index (χ1v) is 10.4. The van der Waals surface area contributed by atoms with Crippen molar-refractivity contribution in [1.82, 2.24) is 4.98 Å². The van der Waals surface area contributed by atoms with E-state index >= 15 is 0 Å². The Kier molecular flexibility index (Phi) is 6.07. The Balaban J connectivity index is 2.02. The summed E-state index contributed by atoms with van der Waals surface area (Å²) in [6.07, 6.45) is 3.13. The second-order valence-corrected chi connectivity index (χ2v) is 7.86. The van der Waals surface area contributed by atoms with Crippen LogP contribution >= 0.6 is 11.6 Å². The molecule has 7 nitrogen and oxygen atoms in total. The van der Waals surface area contributed by atoms with Gasteiger partial charge in [-0.15, -0.1) is 0 Å². The van der Waals surface area contributed by atoms with E-state index in [0.717, 1.165) is 5.56 Å². The maximum atomic E-state index is 13.3. The summed E-state index contributed by atoms with van der Waals surface area (Å²) < 4.78 is 10.8. The number of benzene rings is 2. The molecule has 0 saturated carbocycles. The normalized spacial score (nSPS) is 17.3. The summed E-state index contributed by atoms with van der Waals surface area (Å²) in [5.41, 5.74) is 1.80. The number of Topliss-reactive ketones (excluding diaryl/α,β-unsaturated/α-hetero) is 1. The fourth-order valence-electron chi connectivity index (χ4n) is 4.02. The third-order valence-electron chi connectivity index (χ3n) is 5.44. The number of nitrogens with zero attached hydrogens (tertiary/aromatic N) is 2. The van der Waals surface area contributed by atoms with E-state index in [0.29, 0.717) is 17.0 Å². The summed E-state index contributed by atoms with van der Waals surface area (Å²) in [6.45, 7) is 1.80. The lowest BCUT2D eigenvalue weighted by atomic mass is 9.95. The van der Waals surface area contributed by atoms with Crippen molar-refractivity contribution >= 4 is 34.7 Å². The number of ketones is 1. The van der Waals surface area contributed by atoms with Crippen LogP contribution in [0.5, 0.6) is 11.5 Å². The Morgan fingerprint density at radius 1 is 1.09 bits per heavy atom. The Labute approximate surface area is 195 Å². The molecule has 2 aromatic carbocycles. The summed E-state index contributed by atoms with van der Waals surface area (Å²) in [5, 5.41) is 11.7. The van der Waals surface area contributed by atoms with Crippen molar-refractivity contribution in [2.24, 2.45) is 0 Å². The van der Waals surface area contributed by atoms with Gasteiger partial charge in [0.2, 0.25) is 0 Å². The second kappa shape index (κ2) is 8.96. The molecular weight excluding hydrogens is 444 g/mol. The average molecular weight is 465 g/mol. The quantitative estimate of drug-likeness (QED) is 0.335. The van der Waals surface area contributed by atoms with Crippen molar-refractivity contribution in [1.29, 1.82) is 0 Å². The van der Waals surface area contributed by atoms with Gasteiger partial charge in [0.25, 0.3) is 11.7 Å². The van der Waals surface area contributed by atoms with E-state index in [1.807, 2.05) is 0 Å². The standard InChI is InChI=1S/C25H21ClN2O5/c1-14-11-16(24(33-3)17(26)12-14)22(29)20-21(15-7-6-10-27-13-15)28(25(31)23(20)30)18-8-4-5-9-19(18)32-2/h4-13,21,29H,1-3H3/b22-20+. The van der Waals surface area contributed by atoms with E-state index in [9.17, 15) is 14.7 Å². The molecule has 8 heteroatoms. The fraction of sp³-hybridized carbons (Fsp3) is 0.160. The van der Waals surface area contributed by atoms with Gasteiger partial charge in [-0.2, -0.15) is 0 Å². The Hall–Kier alpha value is -3.84. The maximum Gasteiger partial charge on any atom is 0.300 e. The van der Waals surface area contributed by atoms with Crippen molar-refractivity contribution in [3.8, 4) is 11.5 Å². The first-order valence-electron chi connectivity index (χ1n) is 10.1. The molecule has 0 bridgehead atoms. The number of hydrogen-bond acceptors (Lipinski definition) is 6. The Morgan fingerprint density at radius 2 is 1.85 bits per heavy atom. The molecule has 1 unspecified atom stereocenters. The van der Waals surface area contributed by atoms with E-state index in [1.165, 1.54) is 19.1 Å². The predicted molar refractivity (Wildman–Crippen MR) is 125 cm³/mol. The van der Waals surface area contributed by atoms with Crippen LogP contribution in [0.4, 0.5) is 5.69 Å². The summed E-state index contributed by atoms with van der Waals surface area (Å²) >= 11 is 6.32. The zero-order valence-electron chi connectivity index (χ0n) is 18.2. The van der Waals surface area contributed by atoms with Gasteiger partial charge in [-0.1, -0.05) is 29.8 Å². The molecule has 1 aliphatic rings. The molecule has 1 N–H and O–H groups in total. The van der Waals surface area contributed by atoms with Crippen molar-refractivity contribution in [3.63, 3.8) is 0 Å². The molecule has 1 aromatic heterocycles. The molecule has 3 aromatic rings. The summed E-state index contributed by atoms with van der Waals surface area (Å²) in [7, 11) is 2.90. The van der Waals surface area contributed by atoms with Crippen LogP contribution in [-0.4, -0.2) is 36.0 Å². The first-order chi connectivity index (χ1) is 15.9. The number of aryl methyl sites for hydroxylation is 1. The summed E-state index contributed by atoms with van der Waals surface area (Å²) in [4.78, 5) is 32.1. The van der Waals surface area contributed by atoms with Gasteiger partial charge in [-0.05, 0) is 48.4 Å². The van der Waals surface area contributed by atoms with Gasteiger partial charge < -0.3 is 14.6 Å². The highest BCUT2D eigenvalue weighted by molar-refractivity contribution is 6.52. The van der Waals surface area contributed by atoms with Gasteiger partial charge >= 0.3 is 0 Å². The lowest BCUT2D eigenvalue weighted by Crippen LogP contribution is -2.29. The van der Waals surface area contributed by atoms with Crippen LogP contribution in [0, 0.1) is 6.92 Å². The highest BCUT2D eigenvalue weighted by Crippen LogP contribution is 2.46. The van der Waals surface area contributed by atoms with E-state index in [-0.39, 0.29) is 27.7 Å². The molecular formula is C25H21ClN2O5. The van der Waals surface area contributed by atoms with Gasteiger partial charge in [0.05, 0.1) is 42.1 Å². The van der Waals surface area contributed by atoms with Crippen LogP contribution in [-0.2, 0) is 9.59 Å². The van der Waals surface area contributed by atoms with Crippen LogP contribution in [0.1, 0.15) is 22.7 Å². The first kappa shape index (κ1) is 22.4. The van der Waals surface area contributed by atoms with Crippen molar-refractivity contribution in [3.05, 3.63) is 88.2 Å².